The molecule has 0 spiro atoms. The number of nitrogens with two attached hydrogens (primary N) is 1. The number of rotatable bonds is 2. The van der Waals surface area contributed by atoms with Gasteiger partial charge in [-0.2, -0.15) is 13.2 Å². The molecule has 0 radical (unpaired) electrons. The van der Waals surface area contributed by atoms with E-state index in [1.165, 1.54) is 0 Å². The number of hydrogen-bond donors (Lipinski definition) is 1. The van der Waals surface area contributed by atoms with Gasteiger partial charge in [0.1, 0.15) is 6.04 Å². The largest absolute Gasteiger partial charge is 0.407 e. The Morgan fingerprint density at radius 1 is 1.05 bits per heavy atom. The van der Waals surface area contributed by atoms with Crippen LogP contribution < -0.4 is 5.73 Å². The van der Waals surface area contributed by atoms with E-state index in [-0.39, 0.29) is 11.5 Å². The molecule has 0 bridgehead atoms. The van der Waals surface area contributed by atoms with E-state index in [2.05, 4.69) is 0 Å². The highest BCUT2D eigenvalue weighted by atomic mass is 19.4. The van der Waals surface area contributed by atoms with Crippen LogP contribution in [0.4, 0.5) is 13.2 Å². The third kappa shape index (κ3) is 2.73. The van der Waals surface area contributed by atoms with Crippen molar-refractivity contribution in [3.05, 3.63) is 47.5 Å². The summed E-state index contributed by atoms with van der Waals surface area (Å²) in [5.74, 6) is 0.156. The van der Waals surface area contributed by atoms with Crippen molar-refractivity contribution < 1.29 is 13.2 Å². The lowest BCUT2D eigenvalue weighted by Gasteiger charge is -2.20. The molecule has 0 saturated heterocycles. The van der Waals surface area contributed by atoms with E-state index in [4.69, 9.17) is 5.73 Å². The zero-order chi connectivity index (χ0) is 14.2. The van der Waals surface area contributed by atoms with Crippen LogP contribution in [0.15, 0.2) is 36.4 Å². The van der Waals surface area contributed by atoms with Crippen LogP contribution in [0.2, 0.25) is 0 Å². The van der Waals surface area contributed by atoms with Gasteiger partial charge in [-0.15, -0.1) is 0 Å². The topological polar surface area (TPSA) is 26.0 Å². The smallest absolute Gasteiger partial charge is 0.316 e. The molecule has 102 valence electrons. The predicted octanol–water partition coefficient (Wildman–Crippen LogP) is 4.53. The summed E-state index contributed by atoms with van der Waals surface area (Å²) in [6.07, 6.45) is -4.43. The molecule has 0 saturated carbocycles. The molecule has 1 atom stereocenters. The summed E-state index contributed by atoms with van der Waals surface area (Å²) >= 11 is 0. The number of hydrogen-bond acceptors (Lipinski definition) is 1. The minimum Gasteiger partial charge on any atom is -0.316 e. The number of fused-ring (bicyclic) bond motifs is 1. The monoisotopic (exact) mass is 267 g/mol. The Labute approximate surface area is 110 Å². The highest BCUT2D eigenvalue weighted by Gasteiger charge is 2.38. The van der Waals surface area contributed by atoms with Crippen LogP contribution in [0.1, 0.15) is 36.9 Å². The van der Waals surface area contributed by atoms with Crippen LogP contribution in [0.5, 0.6) is 0 Å². The summed E-state index contributed by atoms with van der Waals surface area (Å²) in [6.45, 7) is 3.90. The average molecular weight is 267 g/mol. The van der Waals surface area contributed by atoms with Crippen LogP contribution in [-0.2, 0) is 0 Å². The van der Waals surface area contributed by atoms with Crippen molar-refractivity contribution in [3.8, 4) is 0 Å². The zero-order valence-corrected chi connectivity index (χ0v) is 10.8. The molecule has 0 unspecified atom stereocenters. The maximum atomic E-state index is 12.9. The maximum absolute atomic E-state index is 12.9. The standard InChI is InChI=1S/C15H16F3N/c1-9(2)11-7-10-5-3-4-6-12(10)13(8-11)14(19)15(16,17)18/h3-9,14H,19H2,1-2H3/t14-/m0/s1. The Morgan fingerprint density at radius 2 is 1.68 bits per heavy atom. The van der Waals surface area contributed by atoms with Gasteiger partial charge in [0.15, 0.2) is 0 Å². The molecule has 19 heavy (non-hydrogen) atoms. The van der Waals surface area contributed by atoms with E-state index < -0.39 is 12.2 Å². The third-order valence-corrected chi connectivity index (χ3v) is 3.27. The van der Waals surface area contributed by atoms with Crippen molar-refractivity contribution in [1.29, 1.82) is 0 Å². The van der Waals surface area contributed by atoms with E-state index >= 15 is 0 Å². The molecular weight excluding hydrogens is 251 g/mol. The van der Waals surface area contributed by atoms with Crippen LogP contribution in [-0.4, -0.2) is 6.18 Å². The first-order valence-electron chi connectivity index (χ1n) is 6.15. The van der Waals surface area contributed by atoms with Crippen molar-refractivity contribution in [1.82, 2.24) is 0 Å². The molecule has 0 aliphatic heterocycles. The van der Waals surface area contributed by atoms with Gasteiger partial charge in [-0.3, -0.25) is 0 Å². The van der Waals surface area contributed by atoms with Gasteiger partial charge in [0, 0.05) is 0 Å². The third-order valence-electron chi connectivity index (χ3n) is 3.27. The molecule has 0 fully saturated rings. The fourth-order valence-electron chi connectivity index (χ4n) is 2.13. The summed E-state index contributed by atoms with van der Waals surface area (Å²) in [7, 11) is 0. The van der Waals surface area contributed by atoms with Crippen molar-refractivity contribution in [3.63, 3.8) is 0 Å². The first-order chi connectivity index (χ1) is 8.80. The lowest BCUT2D eigenvalue weighted by Crippen LogP contribution is -2.28. The average Bonchev–Trinajstić information content (AvgIpc) is 2.35. The van der Waals surface area contributed by atoms with Crippen molar-refractivity contribution in [2.24, 2.45) is 5.73 Å². The first-order valence-corrected chi connectivity index (χ1v) is 6.15. The van der Waals surface area contributed by atoms with Crippen molar-refractivity contribution >= 4 is 10.8 Å². The maximum Gasteiger partial charge on any atom is 0.407 e. The summed E-state index contributed by atoms with van der Waals surface area (Å²) < 4.78 is 38.6. The van der Waals surface area contributed by atoms with Crippen molar-refractivity contribution in [2.75, 3.05) is 0 Å². The van der Waals surface area contributed by atoms with Crippen LogP contribution in [0.25, 0.3) is 10.8 Å². The van der Waals surface area contributed by atoms with Gasteiger partial charge in [0.2, 0.25) is 0 Å². The second-order valence-corrected chi connectivity index (χ2v) is 5.01. The summed E-state index contributed by atoms with van der Waals surface area (Å²) in [5, 5.41) is 1.36. The van der Waals surface area contributed by atoms with Crippen molar-refractivity contribution in [2.45, 2.75) is 32.0 Å². The van der Waals surface area contributed by atoms with Crippen LogP contribution in [0.3, 0.4) is 0 Å². The first kappa shape index (κ1) is 13.9. The quantitative estimate of drug-likeness (QED) is 0.850. The van der Waals surface area contributed by atoms with Gasteiger partial charge >= 0.3 is 6.18 Å². The molecule has 2 N–H and O–H groups in total. The molecule has 0 aromatic heterocycles. The Morgan fingerprint density at radius 3 is 2.26 bits per heavy atom. The van der Waals surface area contributed by atoms with Gasteiger partial charge in [-0.25, -0.2) is 0 Å². The fourth-order valence-corrected chi connectivity index (χ4v) is 2.13. The normalized spacial score (nSPS) is 14.1. The second kappa shape index (κ2) is 4.85. The number of benzene rings is 2. The summed E-state index contributed by atoms with van der Waals surface area (Å²) in [5.41, 5.74) is 6.40. The predicted molar refractivity (Wildman–Crippen MR) is 71.0 cm³/mol. The molecule has 0 aliphatic rings. The Bertz CT molecular complexity index is 587. The Hall–Kier alpha value is -1.55. The number of halogens is 3. The highest BCUT2D eigenvalue weighted by molar-refractivity contribution is 5.87. The molecule has 2 rings (SSSR count). The minimum atomic E-state index is -4.43. The van der Waals surface area contributed by atoms with Gasteiger partial charge in [0.25, 0.3) is 0 Å². The van der Waals surface area contributed by atoms with E-state index in [1.54, 1.807) is 18.2 Å². The molecule has 1 nitrogen and oxygen atoms in total. The van der Waals surface area contributed by atoms with Gasteiger partial charge in [-0.05, 0) is 27.8 Å². The molecule has 0 amide bonds. The Kier molecular flexibility index (Phi) is 3.54. The second-order valence-electron chi connectivity index (χ2n) is 5.01. The molecular formula is C15H16F3N. The SMILES string of the molecule is CC(C)c1cc([C@H](N)C(F)(F)F)c2ccccc2c1. The van der Waals surface area contributed by atoms with E-state index in [0.717, 1.165) is 10.9 Å². The highest BCUT2D eigenvalue weighted by Crippen LogP contribution is 2.36. The molecule has 2 aromatic rings. The van der Waals surface area contributed by atoms with Crippen LogP contribution in [0, 0.1) is 0 Å². The van der Waals surface area contributed by atoms with Gasteiger partial charge in [0.05, 0.1) is 0 Å². The summed E-state index contributed by atoms with van der Waals surface area (Å²) in [6, 6.07) is 8.58. The van der Waals surface area contributed by atoms with Gasteiger partial charge in [-0.1, -0.05) is 50.2 Å². The molecule has 0 aliphatic carbocycles. The van der Waals surface area contributed by atoms with Gasteiger partial charge < -0.3 is 5.73 Å². The summed E-state index contributed by atoms with van der Waals surface area (Å²) in [4.78, 5) is 0. The van der Waals surface area contributed by atoms with E-state index in [0.29, 0.717) is 5.39 Å². The van der Waals surface area contributed by atoms with E-state index in [9.17, 15) is 13.2 Å². The Balaban J connectivity index is 2.70. The van der Waals surface area contributed by atoms with E-state index in [1.807, 2.05) is 32.0 Å². The molecule has 0 heterocycles. The lowest BCUT2D eigenvalue weighted by atomic mass is 9.92. The molecule has 2 aromatic carbocycles. The number of alkyl halides is 3. The zero-order valence-electron chi connectivity index (χ0n) is 10.8. The molecule has 4 heteroatoms. The van der Waals surface area contributed by atoms with Crippen LogP contribution >= 0.6 is 0 Å². The fraction of sp³-hybridized carbons (Fsp3) is 0.333. The minimum absolute atomic E-state index is 0.148. The lowest BCUT2D eigenvalue weighted by molar-refractivity contribution is -0.148.